The van der Waals surface area contributed by atoms with Crippen molar-refractivity contribution in [2.45, 2.75) is 52.1 Å². The van der Waals surface area contributed by atoms with Crippen LogP contribution in [0.4, 0.5) is 8.78 Å². The number of ether oxygens (including phenoxy) is 1. The van der Waals surface area contributed by atoms with Crippen LogP contribution in [0.15, 0.2) is 48.7 Å². The van der Waals surface area contributed by atoms with Crippen LogP contribution in [0.25, 0.3) is 5.69 Å². The van der Waals surface area contributed by atoms with Gasteiger partial charge in [0, 0.05) is 17.6 Å². The van der Waals surface area contributed by atoms with E-state index in [2.05, 4.69) is 20.9 Å². The van der Waals surface area contributed by atoms with Gasteiger partial charge >= 0.3 is 0 Å². The summed E-state index contributed by atoms with van der Waals surface area (Å²) in [6, 6.07) is 8.71. The number of amides is 2. The average molecular weight is 587 g/mol. The average Bonchev–Trinajstić information content (AvgIpc) is 3.44. The molecule has 2 aromatic carbocycles. The Hall–Kier alpha value is -4.23. The summed E-state index contributed by atoms with van der Waals surface area (Å²) in [6.45, 7) is 3.25. The predicted molar refractivity (Wildman–Crippen MR) is 150 cm³/mol. The highest BCUT2D eigenvalue weighted by Gasteiger charge is 2.27. The van der Waals surface area contributed by atoms with Crippen LogP contribution < -0.4 is 21.1 Å². The van der Waals surface area contributed by atoms with Gasteiger partial charge in [0.15, 0.2) is 23.2 Å². The van der Waals surface area contributed by atoms with E-state index in [0.29, 0.717) is 37.2 Å². The minimum Gasteiger partial charge on any atom is -0.480 e. The molecule has 0 fully saturated rings. The number of nitrogens with two attached hydrogens (primary N) is 1. The molecule has 0 bridgehead atoms. The van der Waals surface area contributed by atoms with Crippen molar-refractivity contribution in [3.8, 4) is 11.4 Å². The number of nitrogens with one attached hydrogen (secondary N) is 2. The molecule has 226 valence electrons. The maximum absolute atomic E-state index is 13.9. The number of hydrogen-bond acceptors (Lipinski definition) is 8. The van der Waals surface area contributed by atoms with Gasteiger partial charge in [0.05, 0.1) is 24.5 Å². The lowest BCUT2D eigenvalue weighted by atomic mass is 9.89. The molecule has 2 amide bonds. The molecule has 0 aliphatic heterocycles. The highest BCUT2D eigenvalue weighted by molar-refractivity contribution is 5.98. The first-order chi connectivity index (χ1) is 20.1. The molecule has 1 atom stereocenters. The summed E-state index contributed by atoms with van der Waals surface area (Å²) in [7, 11) is 0. The Labute approximate surface area is 242 Å². The van der Waals surface area contributed by atoms with Gasteiger partial charge in [-0.15, -0.1) is 5.10 Å². The maximum atomic E-state index is 13.9. The molecule has 42 heavy (non-hydrogen) atoms. The zero-order valence-electron chi connectivity index (χ0n) is 23.6. The topological polar surface area (TPSA) is 161 Å². The van der Waals surface area contributed by atoms with Crippen molar-refractivity contribution < 1.29 is 33.0 Å². The summed E-state index contributed by atoms with van der Waals surface area (Å²) < 4.78 is 34.4. The summed E-state index contributed by atoms with van der Waals surface area (Å²) in [5.74, 6) is -3.86. The standard InChI is InChI=1S/C29H36F2N6O5/c1-29(2,12-14-38)28(41)33-16-20-17-37(36-35-20)21-8-5-7-19(15-21)27(40)34-24(11-3-4-13-32)25(39)18-42-26-22(30)9-6-10-23(26)31/h5-10,15,17,24,38H,3-4,11-14,16,18,32H2,1-2H3,(H,33,41)(H,34,40). The van der Waals surface area contributed by atoms with Crippen molar-refractivity contribution in [3.63, 3.8) is 0 Å². The number of unbranched alkanes of at least 4 members (excludes halogenated alkanes) is 1. The number of rotatable bonds is 16. The van der Waals surface area contributed by atoms with Gasteiger partial charge in [-0.1, -0.05) is 31.2 Å². The van der Waals surface area contributed by atoms with Crippen molar-refractivity contribution in [2.24, 2.45) is 11.1 Å². The van der Waals surface area contributed by atoms with Crippen molar-refractivity contribution in [2.75, 3.05) is 19.8 Å². The van der Waals surface area contributed by atoms with Crippen LogP contribution in [0.3, 0.4) is 0 Å². The molecule has 5 N–H and O–H groups in total. The van der Waals surface area contributed by atoms with Gasteiger partial charge in [0.1, 0.15) is 12.3 Å². The van der Waals surface area contributed by atoms with Crippen LogP contribution >= 0.6 is 0 Å². The van der Waals surface area contributed by atoms with E-state index in [1.54, 1.807) is 44.3 Å². The second kappa shape index (κ2) is 15.1. The SMILES string of the molecule is CC(C)(CCO)C(=O)NCc1cn(-c2cccc(C(=O)NC(CCCCN)C(=O)COc3c(F)cccc3F)c2)nn1. The smallest absolute Gasteiger partial charge is 0.251 e. The van der Waals surface area contributed by atoms with E-state index in [9.17, 15) is 23.2 Å². The van der Waals surface area contributed by atoms with E-state index >= 15 is 0 Å². The number of para-hydroxylation sites is 1. The number of aliphatic hydroxyl groups is 1. The summed E-state index contributed by atoms with van der Waals surface area (Å²) >= 11 is 0. The number of carbonyl (C=O) groups excluding carboxylic acids is 3. The zero-order chi connectivity index (χ0) is 30.7. The number of benzene rings is 2. The van der Waals surface area contributed by atoms with E-state index in [1.165, 1.54) is 10.7 Å². The van der Waals surface area contributed by atoms with Crippen LogP contribution in [-0.4, -0.2) is 63.5 Å². The van der Waals surface area contributed by atoms with Crippen LogP contribution in [0, 0.1) is 17.0 Å². The molecular weight excluding hydrogens is 550 g/mol. The molecule has 0 radical (unpaired) electrons. The maximum Gasteiger partial charge on any atom is 0.251 e. The molecule has 0 saturated heterocycles. The predicted octanol–water partition coefficient (Wildman–Crippen LogP) is 2.45. The summed E-state index contributed by atoms with van der Waals surface area (Å²) in [5.41, 5.74) is 6.06. The number of hydrogen-bond donors (Lipinski definition) is 4. The van der Waals surface area contributed by atoms with Crippen LogP contribution in [0.2, 0.25) is 0 Å². The molecule has 11 nitrogen and oxygen atoms in total. The van der Waals surface area contributed by atoms with Crippen molar-refractivity contribution >= 4 is 17.6 Å². The highest BCUT2D eigenvalue weighted by atomic mass is 19.1. The number of halogens is 2. The summed E-state index contributed by atoms with van der Waals surface area (Å²) in [6.07, 6.45) is 3.34. The first kappa shape index (κ1) is 32.3. The Morgan fingerprint density at radius 2 is 1.83 bits per heavy atom. The van der Waals surface area contributed by atoms with Crippen molar-refractivity contribution in [1.29, 1.82) is 0 Å². The fourth-order valence-corrected chi connectivity index (χ4v) is 4.01. The Bertz CT molecular complexity index is 1360. The van der Waals surface area contributed by atoms with Gasteiger partial charge < -0.3 is 26.2 Å². The van der Waals surface area contributed by atoms with Gasteiger partial charge in [-0.05, 0) is 62.6 Å². The third-order valence-corrected chi connectivity index (χ3v) is 6.61. The van der Waals surface area contributed by atoms with Gasteiger partial charge in [0.2, 0.25) is 5.91 Å². The lowest BCUT2D eigenvalue weighted by molar-refractivity contribution is -0.130. The van der Waals surface area contributed by atoms with Gasteiger partial charge in [-0.3, -0.25) is 14.4 Å². The minimum atomic E-state index is -0.973. The molecule has 3 aromatic rings. The molecular formula is C29H36F2N6O5. The number of ketones is 1. The van der Waals surface area contributed by atoms with Crippen molar-refractivity contribution in [1.82, 2.24) is 25.6 Å². The third kappa shape index (κ3) is 8.88. The minimum absolute atomic E-state index is 0.107. The molecule has 0 saturated carbocycles. The summed E-state index contributed by atoms with van der Waals surface area (Å²) in [4.78, 5) is 38.4. The first-order valence-corrected chi connectivity index (χ1v) is 13.6. The molecule has 0 aliphatic rings. The van der Waals surface area contributed by atoms with Crippen molar-refractivity contribution in [3.05, 3.63) is 71.6 Å². The normalized spacial score (nSPS) is 12.0. The van der Waals surface area contributed by atoms with Gasteiger partial charge in [0.25, 0.3) is 5.91 Å². The number of aromatic nitrogens is 3. The molecule has 13 heteroatoms. The first-order valence-electron chi connectivity index (χ1n) is 13.6. The van der Waals surface area contributed by atoms with E-state index in [0.717, 1.165) is 12.1 Å². The van der Waals surface area contributed by atoms with Gasteiger partial charge in [-0.2, -0.15) is 0 Å². The number of Topliss-reactive ketones (excluding diaryl/α,β-unsaturated/α-hetero) is 1. The highest BCUT2D eigenvalue weighted by Crippen LogP contribution is 2.21. The molecule has 0 aliphatic carbocycles. The fraction of sp³-hybridized carbons (Fsp3) is 0.414. The number of nitrogens with zero attached hydrogens (tertiary/aromatic N) is 3. The Morgan fingerprint density at radius 1 is 1.12 bits per heavy atom. The third-order valence-electron chi connectivity index (χ3n) is 6.61. The fourth-order valence-electron chi connectivity index (χ4n) is 4.01. The van der Waals surface area contributed by atoms with Crippen LogP contribution in [-0.2, 0) is 16.1 Å². The second-order valence-electron chi connectivity index (χ2n) is 10.4. The molecule has 1 heterocycles. The molecule has 1 unspecified atom stereocenters. The van der Waals surface area contributed by atoms with E-state index in [1.807, 2.05) is 0 Å². The summed E-state index contributed by atoms with van der Waals surface area (Å²) in [5, 5.41) is 22.8. The monoisotopic (exact) mass is 586 g/mol. The number of carbonyl (C=O) groups is 3. The largest absolute Gasteiger partial charge is 0.480 e. The molecule has 1 aromatic heterocycles. The van der Waals surface area contributed by atoms with E-state index in [4.69, 9.17) is 15.6 Å². The molecule has 3 rings (SSSR count). The van der Waals surface area contributed by atoms with E-state index in [-0.39, 0.29) is 31.0 Å². The quantitative estimate of drug-likeness (QED) is 0.186. The van der Waals surface area contributed by atoms with Crippen LogP contribution in [0.5, 0.6) is 5.75 Å². The van der Waals surface area contributed by atoms with Crippen LogP contribution in [0.1, 0.15) is 55.6 Å². The lowest BCUT2D eigenvalue weighted by Gasteiger charge is -2.21. The Balaban J connectivity index is 1.67. The zero-order valence-corrected chi connectivity index (χ0v) is 23.6. The lowest BCUT2D eigenvalue weighted by Crippen LogP contribution is -2.43. The second-order valence-corrected chi connectivity index (χ2v) is 10.4. The van der Waals surface area contributed by atoms with Gasteiger partial charge in [-0.25, -0.2) is 13.5 Å². The Morgan fingerprint density at radius 3 is 2.52 bits per heavy atom. The van der Waals surface area contributed by atoms with E-state index < -0.39 is 47.1 Å². The number of aliphatic hydroxyl groups excluding tert-OH is 1. The Kier molecular flexibility index (Phi) is 11.6. The molecule has 0 spiro atoms.